The molecule has 0 spiro atoms. The Hall–Kier alpha value is -0.120. The van der Waals surface area contributed by atoms with Gasteiger partial charge in [-0.05, 0) is 50.6 Å². The Morgan fingerprint density at radius 2 is 0.842 bits per heavy atom. The number of nitrogens with one attached hydrogen (secondary N) is 3. The van der Waals surface area contributed by atoms with Gasteiger partial charge in [0.05, 0.1) is 0 Å². The molecule has 116 valence electrons. The van der Waals surface area contributed by atoms with Crippen LogP contribution in [0.15, 0.2) is 0 Å². The average Bonchev–Trinajstić information content (AvgIpc) is 2.34. The van der Waals surface area contributed by atoms with Crippen molar-refractivity contribution in [1.29, 1.82) is 0 Å². The van der Waals surface area contributed by atoms with Crippen molar-refractivity contribution in [3.05, 3.63) is 0 Å². The quantitative estimate of drug-likeness (QED) is 0.425. The van der Waals surface area contributed by atoms with Crippen molar-refractivity contribution in [1.82, 2.24) is 16.0 Å². The van der Waals surface area contributed by atoms with Gasteiger partial charge in [0, 0.05) is 26.2 Å². The highest BCUT2D eigenvalue weighted by molar-refractivity contribution is 4.56. The first-order valence-corrected chi connectivity index (χ1v) is 8.25. The molecule has 0 rings (SSSR count). The minimum atomic E-state index is 0.835. The molecule has 0 saturated heterocycles. The lowest BCUT2D eigenvalue weighted by atomic mass is 10.1. The Bertz CT molecular complexity index is 151. The lowest BCUT2D eigenvalue weighted by Gasteiger charge is -2.09. The molecule has 0 unspecified atom stereocenters. The Labute approximate surface area is 121 Å². The van der Waals surface area contributed by atoms with Gasteiger partial charge in [-0.2, -0.15) is 0 Å². The molecule has 0 aliphatic heterocycles. The van der Waals surface area contributed by atoms with Crippen LogP contribution in [0.3, 0.4) is 0 Å². The van der Waals surface area contributed by atoms with Crippen LogP contribution in [0.4, 0.5) is 0 Å². The van der Waals surface area contributed by atoms with E-state index in [1.807, 2.05) is 0 Å². The molecule has 0 fully saturated rings. The Balaban J connectivity index is 2.95. The van der Waals surface area contributed by atoms with E-state index in [2.05, 4.69) is 43.6 Å². The fraction of sp³-hybridized carbons (Fsp3) is 1.00. The second-order valence-corrected chi connectivity index (χ2v) is 6.32. The number of hydrogen-bond acceptors (Lipinski definition) is 3. The van der Waals surface area contributed by atoms with Crippen molar-refractivity contribution in [3.8, 4) is 0 Å². The third-order valence-electron chi connectivity index (χ3n) is 3.23. The summed E-state index contributed by atoms with van der Waals surface area (Å²) in [4.78, 5) is 0. The number of hydrogen-bond donors (Lipinski definition) is 3. The predicted octanol–water partition coefficient (Wildman–Crippen LogP) is 2.63. The van der Waals surface area contributed by atoms with Crippen LogP contribution in [0, 0.1) is 11.8 Å². The molecule has 0 aliphatic carbocycles. The van der Waals surface area contributed by atoms with E-state index in [1.54, 1.807) is 0 Å². The molecular weight excluding hydrogens is 234 g/mol. The van der Waals surface area contributed by atoms with Gasteiger partial charge in [-0.1, -0.05) is 27.7 Å². The average molecular weight is 271 g/mol. The third-order valence-corrected chi connectivity index (χ3v) is 3.23. The van der Waals surface area contributed by atoms with Crippen molar-refractivity contribution in [2.45, 2.75) is 53.4 Å². The molecule has 3 nitrogen and oxygen atoms in total. The van der Waals surface area contributed by atoms with E-state index in [0.717, 1.165) is 51.1 Å². The van der Waals surface area contributed by atoms with Crippen LogP contribution in [0.5, 0.6) is 0 Å². The van der Waals surface area contributed by atoms with Crippen LogP contribution < -0.4 is 16.0 Å². The summed E-state index contributed by atoms with van der Waals surface area (Å²) in [6.45, 7) is 15.8. The topological polar surface area (TPSA) is 36.1 Å². The lowest BCUT2D eigenvalue weighted by molar-refractivity contribution is 0.509. The summed E-state index contributed by atoms with van der Waals surface area (Å²) in [6, 6.07) is 0. The summed E-state index contributed by atoms with van der Waals surface area (Å²) in [5, 5.41) is 10.4. The molecule has 0 amide bonds. The van der Waals surface area contributed by atoms with Gasteiger partial charge in [-0.25, -0.2) is 0 Å². The van der Waals surface area contributed by atoms with E-state index in [0.29, 0.717) is 0 Å². The molecule has 0 saturated carbocycles. The van der Waals surface area contributed by atoms with E-state index in [4.69, 9.17) is 0 Å². The highest BCUT2D eigenvalue weighted by atomic mass is 15.0. The second-order valence-electron chi connectivity index (χ2n) is 6.32. The molecule has 0 aliphatic rings. The lowest BCUT2D eigenvalue weighted by Crippen LogP contribution is -2.33. The summed E-state index contributed by atoms with van der Waals surface area (Å²) in [7, 11) is 0. The molecule has 0 bridgehead atoms. The molecule has 0 aromatic carbocycles. The van der Waals surface area contributed by atoms with E-state index in [9.17, 15) is 0 Å². The van der Waals surface area contributed by atoms with Crippen molar-refractivity contribution >= 4 is 0 Å². The van der Waals surface area contributed by atoms with Gasteiger partial charge in [0.15, 0.2) is 0 Å². The fourth-order valence-corrected chi connectivity index (χ4v) is 2.00. The van der Waals surface area contributed by atoms with Crippen LogP contribution in [0.25, 0.3) is 0 Å². The monoisotopic (exact) mass is 271 g/mol. The van der Waals surface area contributed by atoms with E-state index >= 15 is 0 Å². The molecular formula is C16H37N3. The Morgan fingerprint density at radius 1 is 0.526 bits per heavy atom. The summed E-state index contributed by atoms with van der Waals surface area (Å²) < 4.78 is 0. The zero-order chi connectivity index (χ0) is 14.3. The summed E-state index contributed by atoms with van der Waals surface area (Å²) >= 11 is 0. The molecule has 0 aromatic rings. The van der Waals surface area contributed by atoms with Gasteiger partial charge in [-0.3, -0.25) is 0 Å². The highest BCUT2D eigenvalue weighted by Crippen LogP contribution is 2.01. The van der Waals surface area contributed by atoms with Gasteiger partial charge in [0.1, 0.15) is 0 Å². The van der Waals surface area contributed by atoms with Gasteiger partial charge in [0.2, 0.25) is 0 Å². The van der Waals surface area contributed by atoms with Gasteiger partial charge < -0.3 is 16.0 Å². The summed E-state index contributed by atoms with van der Waals surface area (Å²) in [5.41, 5.74) is 0. The van der Waals surface area contributed by atoms with E-state index in [-0.39, 0.29) is 0 Å². The smallest absolute Gasteiger partial charge is 0.00772 e. The maximum absolute atomic E-state index is 3.48. The molecule has 3 heteroatoms. The van der Waals surface area contributed by atoms with Crippen LogP contribution in [-0.4, -0.2) is 39.3 Å². The first-order valence-electron chi connectivity index (χ1n) is 8.25. The maximum atomic E-state index is 3.48. The largest absolute Gasteiger partial charge is 0.315 e. The van der Waals surface area contributed by atoms with Gasteiger partial charge in [-0.15, -0.1) is 0 Å². The molecule has 0 atom stereocenters. The van der Waals surface area contributed by atoms with Gasteiger partial charge >= 0.3 is 0 Å². The van der Waals surface area contributed by atoms with Crippen LogP contribution >= 0.6 is 0 Å². The normalized spacial score (nSPS) is 11.7. The molecule has 3 N–H and O–H groups in total. The standard InChI is InChI=1S/C16H37N3/c1-15(2)7-5-9-17-11-13-19-14-12-18-10-6-8-16(3)4/h15-19H,5-14H2,1-4H3. The zero-order valence-corrected chi connectivity index (χ0v) is 13.7. The van der Waals surface area contributed by atoms with E-state index in [1.165, 1.54) is 25.7 Å². The first-order chi connectivity index (χ1) is 9.13. The molecule has 0 aromatic heterocycles. The first kappa shape index (κ1) is 18.9. The van der Waals surface area contributed by atoms with Crippen molar-refractivity contribution in [2.75, 3.05) is 39.3 Å². The SMILES string of the molecule is CC(C)CCCNCCNCCNCCCC(C)C. The summed E-state index contributed by atoms with van der Waals surface area (Å²) in [5.74, 6) is 1.67. The van der Waals surface area contributed by atoms with Crippen LogP contribution in [0.1, 0.15) is 53.4 Å². The number of rotatable bonds is 14. The summed E-state index contributed by atoms with van der Waals surface area (Å²) in [6.07, 6.45) is 5.27. The van der Waals surface area contributed by atoms with Crippen molar-refractivity contribution in [3.63, 3.8) is 0 Å². The molecule has 0 radical (unpaired) electrons. The predicted molar refractivity (Wildman–Crippen MR) is 86.8 cm³/mol. The Kier molecular flexibility index (Phi) is 14.2. The zero-order valence-electron chi connectivity index (χ0n) is 13.7. The maximum Gasteiger partial charge on any atom is 0.00772 e. The van der Waals surface area contributed by atoms with Crippen LogP contribution in [-0.2, 0) is 0 Å². The second kappa shape index (κ2) is 14.3. The van der Waals surface area contributed by atoms with Crippen LogP contribution in [0.2, 0.25) is 0 Å². The molecule has 19 heavy (non-hydrogen) atoms. The minimum Gasteiger partial charge on any atom is -0.315 e. The van der Waals surface area contributed by atoms with Crippen molar-refractivity contribution in [2.24, 2.45) is 11.8 Å². The minimum absolute atomic E-state index is 0.835. The van der Waals surface area contributed by atoms with E-state index < -0.39 is 0 Å². The third kappa shape index (κ3) is 17.9. The fourth-order valence-electron chi connectivity index (χ4n) is 2.00. The van der Waals surface area contributed by atoms with Gasteiger partial charge in [0.25, 0.3) is 0 Å². The Morgan fingerprint density at radius 3 is 1.16 bits per heavy atom. The molecule has 0 heterocycles. The highest BCUT2D eigenvalue weighted by Gasteiger charge is 1.94. The van der Waals surface area contributed by atoms with Crippen molar-refractivity contribution < 1.29 is 0 Å².